The Bertz CT molecular complexity index is 717. The molecule has 1 rings (SSSR count). The van der Waals surface area contributed by atoms with E-state index in [0.717, 1.165) is 0 Å². The monoisotopic (exact) mass is 473 g/mol. The van der Waals surface area contributed by atoms with Crippen molar-refractivity contribution < 1.29 is 39.3 Å². The van der Waals surface area contributed by atoms with Gasteiger partial charge in [0.1, 0.15) is 18.1 Å². The van der Waals surface area contributed by atoms with Crippen LogP contribution in [0.4, 0.5) is 0 Å². The first-order valence-electron chi connectivity index (χ1n) is 11.0. The maximum absolute atomic E-state index is 12.8. The van der Waals surface area contributed by atoms with Crippen LogP contribution < -0.4 is 22.1 Å². The average molecular weight is 474 g/mol. The number of carbonyl (C=O) groups is 5. The van der Waals surface area contributed by atoms with Crippen LogP contribution in [-0.4, -0.2) is 93.2 Å². The van der Waals surface area contributed by atoms with Gasteiger partial charge in [-0.15, -0.1) is 0 Å². The summed E-state index contributed by atoms with van der Waals surface area (Å²) in [6.45, 7) is 1.89. The Kier molecular flexibility index (Phi) is 11.7. The van der Waals surface area contributed by atoms with Crippen LogP contribution in [0.5, 0.6) is 0 Å². The zero-order chi connectivity index (χ0) is 25.1. The molecule has 1 aliphatic heterocycles. The second-order valence-electron chi connectivity index (χ2n) is 8.14. The second-order valence-corrected chi connectivity index (χ2v) is 8.14. The average Bonchev–Trinajstić information content (AvgIpc) is 3.23. The number of hydrogen-bond donors (Lipinski definition) is 7. The largest absolute Gasteiger partial charge is 0.481 e. The Morgan fingerprint density at radius 3 is 2.30 bits per heavy atom. The van der Waals surface area contributed by atoms with E-state index in [9.17, 15) is 34.2 Å². The molecule has 33 heavy (non-hydrogen) atoms. The molecule has 0 spiro atoms. The van der Waals surface area contributed by atoms with Crippen molar-refractivity contribution in [1.29, 1.82) is 0 Å². The molecule has 1 saturated heterocycles. The maximum Gasteiger partial charge on any atom is 0.326 e. The van der Waals surface area contributed by atoms with Crippen LogP contribution in [0.1, 0.15) is 51.9 Å². The van der Waals surface area contributed by atoms with E-state index in [1.807, 2.05) is 0 Å². The zero-order valence-electron chi connectivity index (χ0n) is 18.7. The van der Waals surface area contributed by atoms with Gasteiger partial charge in [0, 0.05) is 13.0 Å². The molecular formula is C20H35N5O8. The Morgan fingerprint density at radius 1 is 1.09 bits per heavy atom. The number of amides is 3. The number of aliphatic carboxylic acids is 2. The van der Waals surface area contributed by atoms with Gasteiger partial charge < -0.3 is 42.3 Å². The number of nitrogens with two attached hydrogens (primary N) is 2. The third kappa shape index (κ3) is 8.94. The van der Waals surface area contributed by atoms with Crippen LogP contribution in [0.3, 0.4) is 0 Å². The number of unbranched alkanes of at least 4 members (excludes halogenated alkanes) is 1. The van der Waals surface area contributed by atoms with Gasteiger partial charge in [-0.2, -0.15) is 0 Å². The van der Waals surface area contributed by atoms with Crippen molar-refractivity contribution in [3.8, 4) is 0 Å². The summed E-state index contributed by atoms with van der Waals surface area (Å²) in [6.07, 6.45) is 0.277. The number of hydrogen-bond acceptors (Lipinski definition) is 8. The summed E-state index contributed by atoms with van der Waals surface area (Å²) in [5.74, 6) is -4.48. The highest BCUT2D eigenvalue weighted by atomic mass is 16.4. The predicted octanol–water partition coefficient (Wildman–Crippen LogP) is -2.27. The molecule has 5 atom stereocenters. The van der Waals surface area contributed by atoms with Crippen LogP contribution >= 0.6 is 0 Å². The van der Waals surface area contributed by atoms with Crippen molar-refractivity contribution in [2.75, 3.05) is 13.1 Å². The number of nitrogens with one attached hydrogen (secondary N) is 2. The third-order valence-corrected chi connectivity index (χ3v) is 5.45. The number of aliphatic hydroxyl groups is 1. The molecular weight excluding hydrogens is 438 g/mol. The summed E-state index contributed by atoms with van der Waals surface area (Å²) < 4.78 is 0. The van der Waals surface area contributed by atoms with Crippen molar-refractivity contribution >= 4 is 29.7 Å². The van der Waals surface area contributed by atoms with Crippen LogP contribution in [0.2, 0.25) is 0 Å². The van der Waals surface area contributed by atoms with Crippen LogP contribution in [-0.2, 0) is 24.0 Å². The minimum Gasteiger partial charge on any atom is -0.481 e. The molecule has 13 heteroatoms. The van der Waals surface area contributed by atoms with Gasteiger partial charge in [-0.05, 0) is 52.0 Å². The first-order chi connectivity index (χ1) is 15.5. The highest BCUT2D eigenvalue weighted by molar-refractivity contribution is 5.94. The molecule has 1 fully saturated rings. The van der Waals surface area contributed by atoms with Gasteiger partial charge in [0.05, 0.1) is 12.1 Å². The van der Waals surface area contributed by atoms with Gasteiger partial charge >= 0.3 is 11.9 Å². The quantitative estimate of drug-likeness (QED) is 0.134. The first kappa shape index (κ1) is 28.3. The lowest BCUT2D eigenvalue weighted by molar-refractivity contribution is -0.144. The lowest BCUT2D eigenvalue weighted by Gasteiger charge is -2.29. The molecule has 0 aliphatic carbocycles. The summed E-state index contributed by atoms with van der Waals surface area (Å²) in [5.41, 5.74) is 11.2. The zero-order valence-corrected chi connectivity index (χ0v) is 18.7. The predicted molar refractivity (Wildman–Crippen MR) is 116 cm³/mol. The van der Waals surface area contributed by atoms with Crippen molar-refractivity contribution in [3.05, 3.63) is 0 Å². The summed E-state index contributed by atoms with van der Waals surface area (Å²) >= 11 is 0. The summed E-state index contributed by atoms with van der Waals surface area (Å²) in [5, 5.41) is 32.8. The number of carboxylic acid groups (broad SMARTS) is 2. The van der Waals surface area contributed by atoms with E-state index in [2.05, 4.69) is 10.6 Å². The molecule has 1 aliphatic rings. The number of carboxylic acids is 2. The minimum atomic E-state index is -1.44. The lowest BCUT2D eigenvalue weighted by atomic mass is 10.1. The Hall–Kier alpha value is -2.77. The van der Waals surface area contributed by atoms with E-state index >= 15 is 0 Å². The van der Waals surface area contributed by atoms with E-state index < -0.39 is 59.9 Å². The number of rotatable bonds is 14. The molecule has 9 N–H and O–H groups in total. The Morgan fingerprint density at radius 2 is 1.76 bits per heavy atom. The molecule has 188 valence electrons. The molecule has 0 aromatic heterocycles. The van der Waals surface area contributed by atoms with Gasteiger partial charge in [0.25, 0.3) is 0 Å². The van der Waals surface area contributed by atoms with Gasteiger partial charge in [-0.1, -0.05) is 0 Å². The SMILES string of the molecule is CC(O)C(NC(=O)C1CCCN1C(=O)C(N)CCC(=O)O)C(=O)NC(CCCCN)C(=O)O. The topological polar surface area (TPSA) is 225 Å². The number of likely N-dealkylation sites (tertiary alicyclic amines) is 1. The Balaban J connectivity index is 2.82. The summed E-state index contributed by atoms with van der Waals surface area (Å²) in [4.78, 5) is 61.5. The van der Waals surface area contributed by atoms with Gasteiger partial charge in [-0.25, -0.2) is 4.79 Å². The summed E-state index contributed by atoms with van der Waals surface area (Å²) in [7, 11) is 0. The van der Waals surface area contributed by atoms with E-state index in [1.165, 1.54) is 11.8 Å². The van der Waals surface area contributed by atoms with Crippen molar-refractivity contribution in [2.45, 2.75) is 82.1 Å². The molecule has 0 aromatic rings. The minimum absolute atomic E-state index is 0.0849. The number of carbonyl (C=O) groups excluding carboxylic acids is 3. The van der Waals surface area contributed by atoms with Gasteiger partial charge in [0.2, 0.25) is 17.7 Å². The molecule has 0 bridgehead atoms. The van der Waals surface area contributed by atoms with Gasteiger partial charge in [-0.3, -0.25) is 19.2 Å². The van der Waals surface area contributed by atoms with Crippen molar-refractivity contribution in [3.63, 3.8) is 0 Å². The van der Waals surface area contributed by atoms with E-state index in [1.54, 1.807) is 0 Å². The van der Waals surface area contributed by atoms with Crippen molar-refractivity contribution in [2.24, 2.45) is 11.5 Å². The standard InChI is InChI=1S/C20H35N5O8/c1-11(26)16(18(30)23-13(20(32)33)5-2-3-9-21)24-17(29)14-6-4-10-25(14)19(31)12(22)7-8-15(27)28/h11-14,16,26H,2-10,21-22H2,1H3,(H,23,30)(H,24,29)(H,27,28)(H,32,33). The third-order valence-electron chi connectivity index (χ3n) is 5.45. The molecule has 1 heterocycles. The van der Waals surface area contributed by atoms with Crippen LogP contribution in [0.25, 0.3) is 0 Å². The van der Waals surface area contributed by atoms with Crippen LogP contribution in [0.15, 0.2) is 0 Å². The molecule has 13 nitrogen and oxygen atoms in total. The molecule has 0 aromatic carbocycles. The number of aliphatic hydroxyl groups excluding tert-OH is 1. The molecule has 0 radical (unpaired) electrons. The highest BCUT2D eigenvalue weighted by Crippen LogP contribution is 2.19. The summed E-state index contributed by atoms with van der Waals surface area (Å²) in [6, 6.07) is -4.68. The second kappa shape index (κ2) is 13.7. The normalized spacial score (nSPS) is 19.3. The fraction of sp³-hybridized carbons (Fsp3) is 0.750. The van der Waals surface area contributed by atoms with Gasteiger partial charge in [0.15, 0.2) is 0 Å². The fourth-order valence-electron chi connectivity index (χ4n) is 3.58. The first-order valence-corrected chi connectivity index (χ1v) is 11.0. The van der Waals surface area contributed by atoms with E-state index in [0.29, 0.717) is 32.2 Å². The molecule has 5 unspecified atom stereocenters. The molecule has 0 saturated carbocycles. The number of nitrogens with zero attached hydrogens (tertiary/aromatic N) is 1. The molecule has 3 amide bonds. The highest BCUT2D eigenvalue weighted by Gasteiger charge is 2.38. The lowest BCUT2D eigenvalue weighted by Crippen LogP contribution is -2.59. The van der Waals surface area contributed by atoms with Crippen molar-refractivity contribution in [1.82, 2.24) is 15.5 Å². The van der Waals surface area contributed by atoms with Crippen LogP contribution in [0, 0.1) is 0 Å². The smallest absolute Gasteiger partial charge is 0.326 e. The maximum atomic E-state index is 12.8. The fourth-order valence-corrected chi connectivity index (χ4v) is 3.58. The Labute approximate surface area is 191 Å². The van der Waals surface area contributed by atoms with E-state index in [-0.39, 0.29) is 25.8 Å². The van der Waals surface area contributed by atoms with E-state index in [4.69, 9.17) is 16.6 Å².